The Kier molecular flexibility index (Phi) is 4.59. The molecule has 1 aliphatic rings. The summed E-state index contributed by atoms with van der Waals surface area (Å²) in [5.41, 5.74) is 0.0395. The van der Waals surface area contributed by atoms with E-state index in [2.05, 4.69) is 4.85 Å². The molecule has 2 rings (SSSR count). The van der Waals surface area contributed by atoms with Gasteiger partial charge in [0.25, 0.3) is 0 Å². The van der Waals surface area contributed by atoms with Crippen LogP contribution in [-0.4, -0.2) is 28.2 Å². The molecule has 1 aliphatic heterocycles. The van der Waals surface area contributed by atoms with Crippen LogP contribution in [0, 0.1) is 19.3 Å². The van der Waals surface area contributed by atoms with Crippen LogP contribution in [0.3, 0.4) is 0 Å². The predicted octanol–water partition coefficient (Wildman–Crippen LogP) is 3.62. The molecule has 1 aromatic rings. The zero-order valence-electron chi connectivity index (χ0n) is 13.5. The lowest BCUT2D eigenvalue weighted by molar-refractivity contribution is -0.207. The zero-order chi connectivity index (χ0) is 17.4. The van der Waals surface area contributed by atoms with Gasteiger partial charge in [-0.15, -0.1) is 0 Å². The van der Waals surface area contributed by atoms with Gasteiger partial charge in [-0.2, -0.15) is 5.06 Å². The van der Waals surface area contributed by atoms with Crippen LogP contribution in [0.5, 0.6) is 0 Å². The zero-order valence-corrected chi connectivity index (χ0v) is 13.5. The lowest BCUT2D eigenvalue weighted by Crippen LogP contribution is -2.36. The molecule has 0 bridgehead atoms. The van der Waals surface area contributed by atoms with Gasteiger partial charge in [-0.1, -0.05) is 6.07 Å². The van der Waals surface area contributed by atoms with Gasteiger partial charge in [0.15, 0.2) is 12.0 Å². The van der Waals surface area contributed by atoms with Gasteiger partial charge in [0, 0.05) is 6.42 Å². The van der Waals surface area contributed by atoms with Crippen LogP contribution in [-0.2, 0) is 9.57 Å². The van der Waals surface area contributed by atoms with Crippen molar-refractivity contribution in [2.45, 2.75) is 52.0 Å². The average molecular weight is 322 g/mol. The SMILES string of the molecule is [C-]#[N+]c1cc([C@@H]2CC(O)ON2C(=O)OC(C)(C)C)cc(F)c1C. The van der Waals surface area contributed by atoms with Crippen molar-refractivity contribution >= 4 is 11.8 Å². The number of carbonyl (C=O) groups excluding carboxylic acids is 1. The second-order valence-electron chi connectivity index (χ2n) is 6.38. The Hall–Kier alpha value is -2.17. The van der Waals surface area contributed by atoms with E-state index in [9.17, 15) is 14.3 Å². The number of aliphatic hydroxyl groups is 1. The van der Waals surface area contributed by atoms with Crippen LogP contribution < -0.4 is 0 Å². The van der Waals surface area contributed by atoms with Gasteiger partial charge < -0.3 is 9.84 Å². The number of benzene rings is 1. The van der Waals surface area contributed by atoms with Gasteiger partial charge in [-0.25, -0.2) is 18.9 Å². The van der Waals surface area contributed by atoms with Crippen LogP contribution in [0.1, 0.15) is 44.4 Å². The number of hydrogen-bond donors (Lipinski definition) is 1. The molecule has 0 radical (unpaired) electrons. The third kappa shape index (κ3) is 3.78. The Morgan fingerprint density at radius 1 is 1.52 bits per heavy atom. The first kappa shape index (κ1) is 17.2. The van der Waals surface area contributed by atoms with Crippen LogP contribution in [0.15, 0.2) is 12.1 Å². The van der Waals surface area contributed by atoms with Gasteiger partial charge in [0.05, 0.1) is 12.6 Å². The number of carbonyl (C=O) groups is 1. The predicted molar refractivity (Wildman–Crippen MR) is 79.9 cm³/mol. The Morgan fingerprint density at radius 2 is 2.17 bits per heavy atom. The second-order valence-corrected chi connectivity index (χ2v) is 6.38. The summed E-state index contributed by atoms with van der Waals surface area (Å²) in [7, 11) is 0. The second kappa shape index (κ2) is 6.14. The van der Waals surface area contributed by atoms with E-state index in [1.165, 1.54) is 19.1 Å². The minimum absolute atomic E-state index is 0.0686. The summed E-state index contributed by atoms with van der Waals surface area (Å²) in [4.78, 5) is 20.6. The fourth-order valence-electron chi connectivity index (χ4n) is 2.28. The first-order valence-corrected chi connectivity index (χ1v) is 7.17. The summed E-state index contributed by atoms with van der Waals surface area (Å²) in [6, 6.07) is 2.01. The molecule has 2 atom stereocenters. The van der Waals surface area contributed by atoms with Crippen molar-refractivity contribution in [3.8, 4) is 0 Å². The molecule has 124 valence electrons. The van der Waals surface area contributed by atoms with Crippen LogP contribution in [0.25, 0.3) is 4.85 Å². The van der Waals surface area contributed by atoms with Crippen LogP contribution in [0.4, 0.5) is 14.9 Å². The first-order valence-electron chi connectivity index (χ1n) is 7.17. The Balaban J connectivity index is 2.35. The number of ether oxygens (including phenoxy) is 1. The Labute approximate surface area is 134 Å². The molecule has 0 aliphatic carbocycles. The third-order valence-electron chi connectivity index (χ3n) is 3.36. The van der Waals surface area contributed by atoms with Crippen molar-refractivity contribution in [1.29, 1.82) is 0 Å². The maximum Gasteiger partial charge on any atom is 0.435 e. The highest BCUT2D eigenvalue weighted by molar-refractivity contribution is 5.68. The summed E-state index contributed by atoms with van der Waals surface area (Å²) >= 11 is 0. The molecule has 1 N–H and O–H groups in total. The number of nitrogens with zero attached hydrogens (tertiary/aromatic N) is 2. The molecule has 6 nitrogen and oxygen atoms in total. The monoisotopic (exact) mass is 322 g/mol. The highest BCUT2D eigenvalue weighted by Gasteiger charge is 2.39. The van der Waals surface area contributed by atoms with E-state index >= 15 is 0 Å². The summed E-state index contributed by atoms with van der Waals surface area (Å²) < 4.78 is 19.2. The molecule has 1 fully saturated rings. The molecule has 0 aromatic heterocycles. The maximum absolute atomic E-state index is 14.0. The molecule has 0 saturated carbocycles. The molecular weight excluding hydrogens is 303 g/mol. The largest absolute Gasteiger partial charge is 0.442 e. The molecule has 0 spiro atoms. The van der Waals surface area contributed by atoms with Crippen molar-refractivity contribution in [1.82, 2.24) is 5.06 Å². The Morgan fingerprint density at radius 3 is 2.74 bits per heavy atom. The van der Waals surface area contributed by atoms with E-state index in [-0.39, 0.29) is 17.7 Å². The minimum atomic E-state index is -1.20. The van der Waals surface area contributed by atoms with E-state index < -0.39 is 29.8 Å². The van der Waals surface area contributed by atoms with Crippen LogP contribution in [0.2, 0.25) is 0 Å². The van der Waals surface area contributed by atoms with E-state index in [0.717, 1.165) is 5.06 Å². The highest BCUT2D eigenvalue weighted by atomic mass is 19.1. The van der Waals surface area contributed by atoms with Gasteiger partial charge in [-0.3, -0.25) is 0 Å². The number of amides is 1. The number of halogens is 1. The fourth-order valence-corrected chi connectivity index (χ4v) is 2.28. The number of hydrogen-bond acceptors (Lipinski definition) is 4. The van der Waals surface area contributed by atoms with Gasteiger partial charge in [0.1, 0.15) is 11.4 Å². The molecule has 1 saturated heterocycles. The van der Waals surface area contributed by atoms with Crippen molar-refractivity contribution in [3.05, 3.63) is 40.5 Å². The minimum Gasteiger partial charge on any atom is -0.442 e. The molecule has 1 heterocycles. The molecule has 1 unspecified atom stereocenters. The molecule has 23 heavy (non-hydrogen) atoms. The summed E-state index contributed by atoms with van der Waals surface area (Å²) in [5, 5.41) is 10.6. The van der Waals surface area contributed by atoms with E-state index in [4.69, 9.17) is 16.1 Å². The van der Waals surface area contributed by atoms with E-state index in [1.807, 2.05) is 0 Å². The molecule has 7 heteroatoms. The molecule has 1 amide bonds. The van der Waals surface area contributed by atoms with Crippen molar-refractivity contribution in [3.63, 3.8) is 0 Å². The van der Waals surface area contributed by atoms with Gasteiger partial charge in [-0.05, 0) is 44.9 Å². The number of aliphatic hydroxyl groups excluding tert-OH is 1. The standard InChI is InChI=1S/C16H19FN2O4/c1-9-11(17)6-10(7-12(9)18-5)13-8-14(20)23-19(13)15(21)22-16(2,3)4/h6-7,13-14,20H,8H2,1-4H3/t13-,14?/m0/s1. The fraction of sp³-hybridized carbons (Fsp3) is 0.500. The summed E-state index contributed by atoms with van der Waals surface area (Å²) in [6.45, 7) is 13.7. The Bertz CT molecular complexity index is 663. The van der Waals surface area contributed by atoms with Gasteiger partial charge >= 0.3 is 6.09 Å². The lowest BCUT2D eigenvalue weighted by atomic mass is 10.0. The van der Waals surface area contributed by atoms with Crippen molar-refractivity contribution < 1.29 is 23.9 Å². The average Bonchev–Trinajstić information content (AvgIpc) is 2.82. The summed E-state index contributed by atoms with van der Waals surface area (Å²) in [5.74, 6) is -0.543. The first-order chi connectivity index (χ1) is 10.6. The third-order valence-corrected chi connectivity index (χ3v) is 3.36. The van der Waals surface area contributed by atoms with E-state index in [0.29, 0.717) is 5.56 Å². The topological polar surface area (TPSA) is 63.4 Å². The van der Waals surface area contributed by atoms with E-state index in [1.54, 1.807) is 20.8 Å². The quantitative estimate of drug-likeness (QED) is 0.802. The molecule has 1 aromatic carbocycles. The smallest absolute Gasteiger partial charge is 0.435 e. The summed E-state index contributed by atoms with van der Waals surface area (Å²) in [6.07, 6.45) is -1.91. The normalized spacial score (nSPS) is 21.2. The highest BCUT2D eigenvalue weighted by Crippen LogP contribution is 2.37. The maximum atomic E-state index is 14.0. The molecular formula is C16H19FN2O4. The van der Waals surface area contributed by atoms with Gasteiger partial charge in [0.2, 0.25) is 0 Å². The van der Waals surface area contributed by atoms with Crippen molar-refractivity contribution in [2.24, 2.45) is 0 Å². The number of rotatable bonds is 1. The number of hydroxylamine groups is 2. The van der Waals surface area contributed by atoms with Crippen molar-refractivity contribution in [2.75, 3.05) is 0 Å². The lowest BCUT2D eigenvalue weighted by Gasteiger charge is -2.27. The van der Waals surface area contributed by atoms with Crippen LogP contribution >= 0.6 is 0 Å².